The lowest BCUT2D eigenvalue weighted by molar-refractivity contribution is -0.384. The third kappa shape index (κ3) is 11.0. The Kier molecular flexibility index (Phi) is 13.6. The molecule has 1 aromatic carbocycles. The van der Waals surface area contributed by atoms with E-state index in [1.54, 1.807) is 0 Å². The molecule has 0 saturated heterocycles. The summed E-state index contributed by atoms with van der Waals surface area (Å²) in [6.07, 6.45) is 7.00. The summed E-state index contributed by atoms with van der Waals surface area (Å²) >= 11 is 0.933. The van der Waals surface area contributed by atoms with Crippen LogP contribution in [0, 0.1) is 34.5 Å². The molecular weight excluding hydrogens is 576 g/mol. The minimum Gasteiger partial charge on any atom is -0.481 e. The molecule has 0 aromatic heterocycles. The first kappa shape index (κ1) is 33.4. The summed E-state index contributed by atoms with van der Waals surface area (Å²) in [6.45, 7) is 0.252. The predicted octanol–water partition coefficient (Wildman–Crippen LogP) is -0.664. The highest BCUT2D eigenvalue weighted by Crippen LogP contribution is 2.28. The van der Waals surface area contributed by atoms with Crippen molar-refractivity contribution < 1.29 is 43.9 Å². The van der Waals surface area contributed by atoms with E-state index < -0.39 is 64.8 Å². The summed E-state index contributed by atoms with van der Waals surface area (Å²) in [5, 5.41) is 27.9. The lowest BCUT2D eigenvalue weighted by Gasteiger charge is -2.24. The molecule has 1 aromatic rings. The van der Waals surface area contributed by atoms with Crippen molar-refractivity contribution in [2.75, 3.05) is 12.3 Å². The number of nitro groups is 1. The Labute approximate surface area is 243 Å². The highest BCUT2D eigenvalue weighted by Gasteiger charge is 2.31. The number of nitrogens with one attached hydrogen (secondary N) is 4. The fourth-order valence-electron chi connectivity index (χ4n) is 3.58. The van der Waals surface area contributed by atoms with Crippen LogP contribution < -0.4 is 27.2 Å². The van der Waals surface area contributed by atoms with Crippen molar-refractivity contribution in [3.63, 3.8) is 0 Å². The second-order valence-electron chi connectivity index (χ2n) is 8.66. The second kappa shape index (κ2) is 17.1. The normalized spacial score (nSPS) is 18.9. The quantitative estimate of drug-likeness (QED) is 0.0573. The topological polar surface area (TPSA) is 241 Å². The van der Waals surface area contributed by atoms with E-state index in [0.717, 1.165) is 23.9 Å². The molecule has 0 bridgehead atoms. The van der Waals surface area contributed by atoms with Crippen molar-refractivity contribution in [3.8, 4) is 24.4 Å². The number of carboxylic acid groups (broad SMARTS) is 1. The number of terminal acetylenes is 1. The van der Waals surface area contributed by atoms with Crippen molar-refractivity contribution in [2.45, 2.75) is 55.1 Å². The Bertz CT molecular complexity index is 1300. The largest absolute Gasteiger partial charge is 0.481 e. The summed E-state index contributed by atoms with van der Waals surface area (Å²) in [6, 6.07) is -0.406. The van der Waals surface area contributed by atoms with Crippen LogP contribution in [0.4, 0.5) is 5.69 Å². The van der Waals surface area contributed by atoms with Gasteiger partial charge in [0.05, 0.1) is 10.5 Å². The van der Waals surface area contributed by atoms with Crippen molar-refractivity contribution in [1.29, 1.82) is 0 Å². The SMILES string of the molecule is C#CC#COONCCCCC1NC(=O)[C@H](CCC(=O)O)NC(=O)c2cc([N+](=O)[O-])ccc2SC[C@@H](C(N)=O)NC1=O. The minimum absolute atomic E-state index is 0.0711. The maximum Gasteiger partial charge on any atom is 0.303 e. The molecule has 17 heteroatoms. The predicted molar refractivity (Wildman–Crippen MR) is 146 cm³/mol. The van der Waals surface area contributed by atoms with Gasteiger partial charge in [0, 0.05) is 41.7 Å². The van der Waals surface area contributed by atoms with Gasteiger partial charge >= 0.3 is 5.97 Å². The summed E-state index contributed by atoms with van der Waals surface area (Å²) in [4.78, 5) is 82.7. The Morgan fingerprint density at radius 2 is 1.88 bits per heavy atom. The summed E-state index contributed by atoms with van der Waals surface area (Å²) in [7, 11) is 0. The van der Waals surface area contributed by atoms with Gasteiger partial charge in [0.1, 0.15) is 18.1 Å². The maximum atomic E-state index is 13.2. The number of unbranched alkanes of at least 4 members (excludes halogenated alkanes) is 1. The van der Waals surface area contributed by atoms with E-state index in [1.165, 1.54) is 6.07 Å². The molecule has 2 rings (SSSR count). The molecule has 1 aliphatic heterocycles. The number of primary amides is 1. The zero-order valence-electron chi connectivity index (χ0n) is 22.0. The summed E-state index contributed by atoms with van der Waals surface area (Å²) in [5.74, 6) is -0.586. The molecule has 16 nitrogen and oxygen atoms in total. The monoisotopic (exact) mass is 604 g/mol. The fourth-order valence-corrected chi connectivity index (χ4v) is 4.64. The molecule has 0 saturated carbocycles. The van der Waals surface area contributed by atoms with E-state index >= 15 is 0 Å². The molecule has 42 heavy (non-hydrogen) atoms. The lowest BCUT2D eigenvalue weighted by Crippen LogP contribution is -2.56. The molecule has 3 atom stereocenters. The third-order valence-corrected chi connectivity index (χ3v) is 6.84. The van der Waals surface area contributed by atoms with Crippen LogP contribution in [0.25, 0.3) is 0 Å². The molecule has 4 amide bonds. The Balaban J connectivity index is 2.30. The van der Waals surface area contributed by atoms with E-state index in [2.05, 4.69) is 43.3 Å². The first-order chi connectivity index (χ1) is 20.0. The Morgan fingerprint density at radius 3 is 2.55 bits per heavy atom. The molecule has 0 spiro atoms. The number of nitrogens with zero attached hydrogens (tertiary/aromatic N) is 1. The van der Waals surface area contributed by atoms with E-state index in [0.29, 0.717) is 12.8 Å². The lowest BCUT2D eigenvalue weighted by atomic mass is 10.1. The number of carboxylic acids is 1. The van der Waals surface area contributed by atoms with E-state index in [9.17, 15) is 34.1 Å². The van der Waals surface area contributed by atoms with Gasteiger partial charge in [-0.1, -0.05) is 4.99 Å². The molecule has 7 N–H and O–H groups in total. The van der Waals surface area contributed by atoms with Crippen LogP contribution in [0.1, 0.15) is 42.5 Å². The number of hydrogen-bond donors (Lipinski definition) is 6. The van der Waals surface area contributed by atoms with Gasteiger partial charge in [-0.25, -0.2) is 0 Å². The second-order valence-corrected chi connectivity index (χ2v) is 9.72. The summed E-state index contributed by atoms with van der Waals surface area (Å²) in [5.41, 5.74) is 7.34. The van der Waals surface area contributed by atoms with Crippen molar-refractivity contribution in [3.05, 3.63) is 33.9 Å². The number of hydroxylamine groups is 1. The van der Waals surface area contributed by atoms with Gasteiger partial charge in [-0.05, 0) is 37.7 Å². The number of fused-ring (bicyclic) bond motifs is 1. The number of hydrogen-bond acceptors (Lipinski definition) is 11. The maximum absolute atomic E-state index is 13.2. The van der Waals surface area contributed by atoms with Crippen LogP contribution in [0.5, 0.6) is 0 Å². The standard InChI is InChI=1S/C25H28N6O10S/c1-2-3-12-40-41-27-11-5-4-6-17-24(36)30-19(22(26)34)14-42-20-9-7-15(31(38)39)13-16(20)23(35)28-18(25(37)29-17)8-10-21(32)33/h1,7,9,13,17-19,27H,4-6,8,10-11,14H2,(H2,26,34)(H,28,35)(H,29,37)(H,30,36)(H,32,33)/t17?,18-,19-/m0/s1. The van der Waals surface area contributed by atoms with Gasteiger partial charge in [-0.15, -0.1) is 18.2 Å². The molecule has 0 radical (unpaired) electrons. The van der Waals surface area contributed by atoms with Gasteiger partial charge in [0.2, 0.25) is 17.7 Å². The minimum atomic E-state index is -1.41. The van der Waals surface area contributed by atoms with Crippen LogP contribution in [-0.4, -0.2) is 70.1 Å². The number of carbonyl (C=O) groups is 5. The van der Waals surface area contributed by atoms with Crippen molar-refractivity contribution >= 4 is 47.0 Å². The molecular formula is C25H28N6O10S. The van der Waals surface area contributed by atoms with E-state index in [-0.39, 0.29) is 35.6 Å². The highest BCUT2D eigenvalue weighted by atomic mass is 32.2. The number of non-ortho nitro benzene ring substituents is 1. The number of aliphatic carboxylic acids is 1. The number of rotatable bonds is 12. The third-order valence-electron chi connectivity index (χ3n) is 5.67. The van der Waals surface area contributed by atoms with Crippen LogP contribution in [0.2, 0.25) is 0 Å². The van der Waals surface area contributed by atoms with Gasteiger partial charge in [0.25, 0.3) is 11.6 Å². The van der Waals surface area contributed by atoms with Crippen molar-refractivity contribution in [2.24, 2.45) is 5.73 Å². The van der Waals surface area contributed by atoms with Crippen LogP contribution in [0.15, 0.2) is 23.1 Å². The molecule has 0 aliphatic carbocycles. The van der Waals surface area contributed by atoms with Crippen LogP contribution in [0.3, 0.4) is 0 Å². The molecule has 1 heterocycles. The first-order valence-electron chi connectivity index (χ1n) is 12.4. The molecule has 1 aliphatic rings. The zero-order valence-corrected chi connectivity index (χ0v) is 22.9. The summed E-state index contributed by atoms with van der Waals surface area (Å²) < 4.78 is 0. The number of nitrogens with two attached hydrogens (primary N) is 1. The smallest absolute Gasteiger partial charge is 0.303 e. The van der Waals surface area contributed by atoms with E-state index in [1.807, 2.05) is 5.92 Å². The van der Waals surface area contributed by atoms with Gasteiger partial charge < -0.3 is 26.8 Å². The number of nitro benzene ring substituents is 1. The number of carbonyl (C=O) groups excluding carboxylic acids is 4. The molecule has 0 fully saturated rings. The fraction of sp³-hybridized carbons (Fsp3) is 0.400. The average Bonchev–Trinajstić information content (AvgIpc) is 2.95. The average molecular weight is 605 g/mol. The molecule has 224 valence electrons. The van der Waals surface area contributed by atoms with Crippen LogP contribution in [-0.2, 0) is 29.1 Å². The molecule has 1 unspecified atom stereocenters. The van der Waals surface area contributed by atoms with Gasteiger partial charge in [-0.2, -0.15) is 5.48 Å². The number of amides is 4. The zero-order chi connectivity index (χ0) is 31.1. The first-order valence-corrected chi connectivity index (χ1v) is 13.4. The number of benzene rings is 1. The number of thioether (sulfide) groups is 1. The van der Waals surface area contributed by atoms with Gasteiger partial charge in [-0.3, -0.25) is 39.0 Å². The Morgan fingerprint density at radius 1 is 1.17 bits per heavy atom. The van der Waals surface area contributed by atoms with E-state index in [4.69, 9.17) is 17.3 Å². The van der Waals surface area contributed by atoms with Crippen molar-refractivity contribution in [1.82, 2.24) is 21.4 Å². The van der Waals surface area contributed by atoms with Gasteiger partial charge in [0.15, 0.2) is 6.11 Å². The van der Waals surface area contributed by atoms with Crippen LogP contribution >= 0.6 is 11.8 Å². The highest BCUT2D eigenvalue weighted by molar-refractivity contribution is 7.99. The Hall–Kier alpha value is -4.84.